The molecule has 2 rings (SSSR count). The molecule has 0 saturated heterocycles. The van der Waals surface area contributed by atoms with Gasteiger partial charge in [0.2, 0.25) is 0 Å². The molecule has 1 aromatic carbocycles. The van der Waals surface area contributed by atoms with Crippen molar-refractivity contribution in [1.29, 1.82) is 0 Å². The molecular weight excluding hydrogens is 182 g/mol. The van der Waals surface area contributed by atoms with Gasteiger partial charge in [0.25, 0.3) is 0 Å². The second-order valence-corrected chi connectivity index (χ2v) is 4.20. The molecule has 1 aromatic rings. The maximum atomic E-state index is 11.4. The van der Waals surface area contributed by atoms with Crippen molar-refractivity contribution < 1.29 is 4.21 Å². The van der Waals surface area contributed by atoms with Gasteiger partial charge in [-0.05, 0) is 11.6 Å². The van der Waals surface area contributed by atoms with Crippen molar-refractivity contribution in [2.75, 3.05) is 7.05 Å². The quantitative estimate of drug-likeness (QED) is 0.624. The van der Waals surface area contributed by atoms with Gasteiger partial charge < -0.3 is 0 Å². The molecule has 0 aromatic heterocycles. The van der Waals surface area contributed by atoms with E-state index in [1.165, 1.54) is 5.56 Å². The number of rotatable bonds is 0. The second kappa shape index (κ2) is 4.53. The Kier molecular flexibility index (Phi) is 3.63. The minimum Gasteiger partial charge on any atom is -0.237 e. The Morgan fingerprint density at radius 2 is 1.92 bits per heavy atom. The summed E-state index contributed by atoms with van der Waals surface area (Å²) in [6.45, 7) is 4.81. The van der Waals surface area contributed by atoms with Gasteiger partial charge in [-0.15, -0.1) is 0 Å². The van der Waals surface area contributed by atoms with Crippen LogP contribution in [-0.4, -0.2) is 15.6 Å². The third kappa shape index (κ3) is 1.98. The van der Waals surface area contributed by atoms with Gasteiger partial charge in [-0.1, -0.05) is 32.0 Å². The Labute approximate surface area is 82.2 Å². The number of fused-ring (bicyclic) bond motifs is 1. The molecule has 13 heavy (non-hydrogen) atoms. The van der Waals surface area contributed by atoms with E-state index in [1.807, 2.05) is 49.5 Å². The number of hydrogen-bond acceptors (Lipinski definition) is 1. The van der Waals surface area contributed by atoms with E-state index in [0.717, 1.165) is 11.4 Å². The summed E-state index contributed by atoms with van der Waals surface area (Å²) in [6, 6.07) is 7.86. The molecule has 0 bridgehead atoms. The lowest BCUT2D eigenvalue weighted by Gasteiger charge is -2.01. The summed E-state index contributed by atoms with van der Waals surface area (Å²) in [5.74, 6) is 0. The van der Waals surface area contributed by atoms with E-state index in [0.29, 0.717) is 0 Å². The average molecular weight is 197 g/mol. The predicted octanol–water partition coefficient (Wildman–Crippen LogP) is 2.18. The van der Waals surface area contributed by atoms with E-state index in [1.54, 1.807) is 0 Å². The summed E-state index contributed by atoms with van der Waals surface area (Å²) in [6.07, 6.45) is 0. The fraction of sp³-hybridized carbons (Fsp3) is 0.400. The van der Waals surface area contributed by atoms with Crippen molar-refractivity contribution in [3.63, 3.8) is 0 Å². The summed E-state index contributed by atoms with van der Waals surface area (Å²) in [7, 11) is 0.962. The highest BCUT2D eigenvalue weighted by Gasteiger charge is 2.22. The van der Waals surface area contributed by atoms with Gasteiger partial charge in [0.15, 0.2) is 0 Å². The van der Waals surface area contributed by atoms with E-state index in [4.69, 9.17) is 0 Å². The van der Waals surface area contributed by atoms with Crippen molar-refractivity contribution in [2.45, 2.75) is 25.3 Å². The zero-order chi connectivity index (χ0) is 9.84. The molecule has 1 heterocycles. The van der Waals surface area contributed by atoms with Gasteiger partial charge in [0, 0.05) is 13.6 Å². The van der Waals surface area contributed by atoms with Gasteiger partial charge in [0.1, 0.15) is 11.0 Å². The Morgan fingerprint density at radius 3 is 2.54 bits per heavy atom. The van der Waals surface area contributed by atoms with Crippen LogP contribution in [0.1, 0.15) is 19.4 Å². The fourth-order valence-corrected chi connectivity index (χ4v) is 2.42. The Balaban J connectivity index is 0.000000396. The van der Waals surface area contributed by atoms with E-state index in [-0.39, 0.29) is 0 Å². The van der Waals surface area contributed by atoms with Gasteiger partial charge in [-0.25, -0.2) is 8.51 Å². The molecule has 2 nitrogen and oxygen atoms in total. The Bertz CT molecular complexity index is 312. The van der Waals surface area contributed by atoms with Crippen LogP contribution in [0, 0.1) is 0 Å². The maximum absolute atomic E-state index is 11.4. The molecule has 1 atom stereocenters. The zero-order valence-corrected chi connectivity index (χ0v) is 9.10. The molecule has 0 spiro atoms. The molecule has 0 fully saturated rings. The average Bonchev–Trinajstić information content (AvgIpc) is 2.47. The summed E-state index contributed by atoms with van der Waals surface area (Å²) in [5.41, 5.74) is 1.19. The lowest BCUT2D eigenvalue weighted by Crippen LogP contribution is -2.11. The molecule has 0 radical (unpaired) electrons. The van der Waals surface area contributed by atoms with Crippen LogP contribution in [0.2, 0.25) is 0 Å². The molecule has 1 unspecified atom stereocenters. The Morgan fingerprint density at radius 1 is 1.31 bits per heavy atom. The first-order chi connectivity index (χ1) is 6.29. The molecule has 0 aliphatic carbocycles. The van der Waals surface area contributed by atoms with Crippen molar-refractivity contribution in [2.24, 2.45) is 0 Å². The predicted molar refractivity (Wildman–Crippen MR) is 55.7 cm³/mol. The van der Waals surface area contributed by atoms with Crippen LogP contribution in [0.15, 0.2) is 29.2 Å². The van der Waals surface area contributed by atoms with Gasteiger partial charge in [0.05, 0.1) is 4.90 Å². The maximum Gasteiger partial charge on any atom is 0.127 e. The topological polar surface area (TPSA) is 20.3 Å². The van der Waals surface area contributed by atoms with Crippen LogP contribution in [0.5, 0.6) is 0 Å². The molecule has 0 saturated carbocycles. The summed E-state index contributed by atoms with van der Waals surface area (Å²) in [4.78, 5) is 0.968. The lowest BCUT2D eigenvalue weighted by atomic mass is 10.2. The largest absolute Gasteiger partial charge is 0.237 e. The first kappa shape index (κ1) is 10.4. The minimum absolute atomic E-state index is 0.808. The highest BCUT2D eigenvalue weighted by molar-refractivity contribution is 7.83. The van der Waals surface area contributed by atoms with Crippen molar-refractivity contribution >= 4 is 11.0 Å². The highest BCUT2D eigenvalue weighted by atomic mass is 32.2. The van der Waals surface area contributed by atoms with Gasteiger partial charge in [-0.3, -0.25) is 0 Å². The lowest BCUT2D eigenvalue weighted by molar-refractivity contribution is 0.541. The molecule has 3 heteroatoms. The molecule has 0 N–H and O–H groups in total. The molecule has 1 aliphatic rings. The molecule has 1 aliphatic heterocycles. The van der Waals surface area contributed by atoms with Crippen LogP contribution in [0.4, 0.5) is 0 Å². The van der Waals surface area contributed by atoms with E-state index in [9.17, 15) is 4.21 Å². The Hall–Kier alpha value is -0.670. The standard InChI is InChI=1S/C8H9NOS.C2H6/c1-9-6-7-4-2-3-5-8(7)11(9)10;1-2/h2-5H,6H2,1H3;1-2H3. The van der Waals surface area contributed by atoms with Crippen LogP contribution in [0.3, 0.4) is 0 Å². The van der Waals surface area contributed by atoms with Crippen LogP contribution in [0.25, 0.3) is 0 Å². The monoisotopic (exact) mass is 197 g/mol. The molecular formula is C10H15NOS. The first-order valence-electron chi connectivity index (χ1n) is 4.50. The third-order valence-corrected chi connectivity index (χ3v) is 3.31. The van der Waals surface area contributed by atoms with E-state index < -0.39 is 11.0 Å². The van der Waals surface area contributed by atoms with Crippen molar-refractivity contribution in [1.82, 2.24) is 4.31 Å². The highest BCUT2D eigenvalue weighted by Crippen LogP contribution is 2.24. The smallest absolute Gasteiger partial charge is 0.127 e. The van der Waals surface area contributed by atoms with Gasteiger partial charge in [-0.2, -0.15) is 0 Å². The number of hydrogen-bond donors (Lipinski definition) is 0. The first-order valence-corrected chi connectivity index (χ1v) is 5.60. The zero-order valence-electron chi connectivity index (χ0n) is 8.28. The van der Waals surface area contributed by atoms with Crippen LogP contribution in [-0.2, 0) is 17.5 Å². The minimum atomic E-state index is -0.909. The van der Waals surface area contributed by atoms with Crippen molar-refractivity contribution in [3.05, 3.63) is 29.8 Å². The summed E-state index contributed by atoms with van der Waals surface area (Å²) < 4.78 is 13.3. The molecule has 72 valence electrons. The van der Waals surface area contributed by atoms with E-state index >= 15 is 0 Å². The van der Waals surface area contributed by atoms with Crippen molar-refractivity contribution in [3.8, 4) is 0 Å². The SMILES string of the molecule is CC.CN1Cc2ccccc2S1=O. The van der Waals surface area contributed by atoms with E-state index in [2.05, 4.69) is 0 Å². The molecule has 0 amide bonds. The normalized spacial score (nSPS) is 20.4. The van der Waals surface area contributed by atoms with Gasteiger partial charge >= 0.3 is 0 Å². The summed E-state index contributed by atoms with van der Waals surface area (Å²) >= 11 is 0. The van der Waals surface area contributed by atoms with Crippen LogP contribution < -0.4 is 0 Å². The third-order valence-electron chi connectivity index (χ3n) is 1.84. The fourth-order valence-electron chi connectivity index (χ4n) is 1.27. The number of nitrogens with zero attached hydrogens (tertiary/aromatic N) is 1. The number of benzene rings is 1. The van der Waals surface area contributed by atoms with Crippen LogP contribution >= 0.6 is 0 Å². The second-order valence-electron chi connectivity index (χ2n) is 2.64. The summed E-state index contributed by atoms with van der Waals surface area (Å²) in [5, 5.41) is 0.